The molecule has 1 aliphatic heterocycles. The summed E-state index contributed by atoms with van der Waals surface area (Å²) < 4.78 is 13.3. The molecule has 1 heterocycles. The van der Waals surface area contributed by atoms with Crippen LogP contribution in [0.3, 0.4) is 0 Å². The van der Waals surface area contributed by atoms with Crippen molar-refractivity contribution in [1.29, 1.82) is 0 Å². The summed E-state index contributed by atoms with van der Waals surface area (Å²) in [7, 11) is 0. The zero-order chi connectivity index (χ0) is 14.7. The van der Waals surface area contributed by atoms with Crippen molar-refractivity contribution in [2.24, 2.45) is 11.8 Å². The number of anilines is 2. The standard InChI is InChI=1S/C15H22FN3O.2ClH/c1-9(2)18-14-6-12(16)4-5-13(14)19-15(20)10(3)11-7-17-8-11;;/h4-6,9-11,17-18H,7-8H2,1-3H3,(H,19,20);2*1H. The molecular formula is C15H24Cl2FN3O. The van der Waals surface area contributed by atoms with Crippen LogP contribution in [-0.2, 0) is 4.79 Å². The number of benzene rings is 1. The summed E-state index contributed by atoms with van der Waals surface area (Å²) in [5.41, 5.74) is 1.25. The van der Waals surface area contributed by atoms with Crippen LogP contribution >= 0.6 is 24.8 Å². The molecule has 1 unspecified atom stereocenters. The number of hydrogen-bond donors (Lipinski definition) is 3. The highest BCUT2D eigenvalue weighted by atomic mass is 35.5. The number of rotatable bonds is 5. The number of carbonyl (C=O) groups is 1. The van der Waals surface area contributed by atoms with Crippen LogP contribution < -0.4 is 16.0 Å². The molecule has 4 nitrogen and oxygen atoms in total. The first-order valence-corrected chi connectivity index (χ1v) is 7.05. The molecule has 1 aliphatic rings. The van der Waals surface area contributed by atoms with E-state index in [0.29, 0.717) is 17.3 Å². The van der Waals surface area contributed by atoms with E-state index >= 15 is 0 Å². The van der Waals surface area contributed by atoms with Crippen molar-refractivity contribution in [3.05, 3.63) is 24.0 Å². The van der Waals surface area contributed by atoms with E-state index in [-0.39, 0.29) is 48.5 Å². The van der Waals surface area contributed by atoms with E-state index < -0.39 is 0 Å². The first-order chi connectivity index (χ1) is 9.47. The Bertz CT molecular complexity index is 496. The molecule has 1 fully saturated rings. The van der Waals surface area contributed by atoms with Gasteiger partial charge in [0.1, 0.15) is 5.82 Å². The fourth-order valence-electron chi connectivity index (χ4n) is 2.18. The molecule has 0 spiro atoms. The Morgan fingerprint density at radius 2 is 1.86 bits per heavy atom. The second-order valence-corrected chi connectivity index (χ2v) is 5.69. The molecule has 2 rings (SSSR count). The molecule has 0 radical (unpaired) electrons. The molecule has 22 heavy (non-hydrogen) atoms. The Labute approximate surface area is 143 Å². The third kappa shape index (κ3) is 5.30. The van der Waals surface area contributed by atoms with Gasteiger partial charge in [-0.2, -0.15) is 0 Å². The van der Waals surface area contributed by atoms with Gasteiger partial charge in [0.15, 0.2) is 0 Å². The number of nitrogens with one attached hydrogen (secondary N) is 3. The van der Waals surface area contributed by atoms with Crippen LogP contribution in [0.25, 0.3) is 0 Å². The summed E-state index contributed by atoms with van der Waals surface area (Å²) in [5.74, 6) is 0.00228. The zero-order valence-electron chi connectivity index (χ0n) is 13.0. The molecule has 0 aliphatic carbocycles. The quantitative estimate of drug-likeness (QED) is 0.762. The van der Waals surface area contributed by atoms with Crippen LogP contribution in [0, 0.1) is 17.7 Å². The summed E-state index contributed by atoms with van der Waals surface area (Å²) in [4.78, 5) is 12.2. The minimum atomic E-state index is -0.317. The van der Waals surface area contributed by atoms with E-state index in [1.165, 1.54) is 12.1 Å². The van der Waals surface area contributed by atoms with E-state index in [2.05, 4.69) is 16.0 Å². The average molecular weight is 352 g/mol. The second-order valence-electron chi connectivity index (χ2n) is 5.69. The van der Waals surface area contributed by atoms with Crippen molar-refractivity contribution >= 4 is 42.1 Å². The van der Waals surface area contributed by atoms with Crippen LogP contribution in [0.1, 0.15) is 20.8 Å². The van der Waals surface area contributed by atoms with Gasteiger partial charge < -0.3 is 16.0 Å². The highest BCUT2D eigenvalue weighted by Crippen LogP contribution is 2.25. The van der Waals surface area contributed by atoms with Crippen molar-refractivity contribution in [1.82, 2.24) is 5.32 Å². The van der Waals surface area contributed by atoms with Gasteiger partial charge in [0.05, 0.1) is 11.4 Å². The van der Waals surface area contributed by atoms with Crippen LogP contribution in [0.15, 0.2) is 18.2 Å². The van der Waals surface area contributed by atoms with Crippen molar-refractivity contribution in [2.75, 3.05) is 23.7 Å². The Balaban J connectivity index is 0.00000220. The first kappa shape index (κ1) is 21.0. The molecule has 126 valence electrons. The highest BCUT2D eigenvalue weighted by molar-refractivity contribution is 5.95. The third-order valence-electron chi connectivity index (χ3n) is 3.62. The third-order valence-corrected chi connectivity index (χ3v) is 3.62. The highest BCUT2D eigenvalue weighted by Gasteiger charge is 2.29. The van der Waals surface area contributed by atoms with Gasteiger partial charge in [0, 0.05) is 12.0 Å². The van der Waals surface area contributed by atoms with Gasteiger partial charge in [-0.05, 0) is 51.1 Å². The largest absolute Gasteiger partial charge is 0.381 e. The van der Waals surface area contributed by atoms with E-state index in [1.54, 1.807) is 6.07 Å². The van der Waals surface area contributed by atoms with E-state index in [4.69, 9.17) is 0 Å². The van der Waals surface area contributed by atoms with Crippen molar-refractivity contribution < 1.29 is 9.18 Å². The molecular weight excluding hydrogens is 328 g/mol. The maximum absolute atomic E-state index is 13.3. The average Bonchev–Trinajstić information content (AvgIpc) is 2.29. The van der Waals surface area contributed by atoms with E-state index in [9.17, 15) is 9.18 Å². The SMILES string of the molecule is CC(C)Nc1cc(F)ccc1NC(=O)C(C)C1CNC1.Cl.Cl. The molecule has 1 saturated heterocycles. The molecule has 1 atom stereocenters. The summed E-state index contributed by atoms with van der Waals surface area (Å²) in [6, 6.07) is 4.53. The predicted molar refractivity (Wildman–Crippen MR) is 93.8 cm³/mol. The Kier molecular flexibility index (Phi) is 8.74. The fourth-order valence-corrected chi connectivity index (χ4v) is 2.18. The van der Waals surface area contributed by atoms with Gasteiger partial charge in [0.2, 0.25) is 5.91 Å². The predicted octanol–water partition coefficient (Wildman–Crippen LogP) is 3.28. The zero-order valence-corrected chi connectivity index (χ0v) is 14.6. The number of amides is 1. The van der Waals surface area contributed by atoms with Gasteiger partial charge in [-0.3, -0.25) is 4.79 Å². The smallest absolute Gasteiger partial charge is 0.227 e. The Hall–Kier alpha value is -1.04. The second kappa shape index (κ2) is 9.18. The summed E-state index contributed by atoms with van der Waals surface area (Å²) in [5, 5.41) is 9.21. The fraction of sp³-hybridized carbons (Fsp3) is 0.533. The van der Waals surface area contributed by atoms with Crippen molar-refractivity contribution in [3.63, 3.8) is 0 Å². The summed E-state index contributed by atoms with van der Waals surface area (Å²) in [6.45, 7) is 7.64. The maximum Gasteiger partial charge on any atom is 0.227 e. The molecule has 7 heteroatoms. The lowest BCUT2D eigenvalue weighted by Gasteiger charge is -2.31. The minimum absolute atomic E-state index is 0. The lowest BCUT2D eigenvalue weighted by Crippen LogP contribution is -2.48. The van der Waals surface area contributed by atoms with Gasteiger partial charge in [-0.1, -0.05) is 6.92 Å². The van der Waals surface area contributed by atoms with Crippen molar-refractivity contribution in [3.8, 4) is 0 Å². The molecule has 0 aromatic heterocycles. The van der Waals surface area contributed by atoms with Crippen LogP contribution in [-0.4, -0.2) is 25.0 Å². The van der Waals surface area contributed by atoms with Gasteiger partial charge >= 0.3 is 0 Å². The first-order valence-electron chi connectivity index (χ1n) is 7.05. The van der Waals surface area contributed by atoms with Crippen LogP contribution in [0.2, 0.25) is 0 Å². The molecule has 3 N–H and O–H groups in total. The number of carbonyl (C=O) groups excluding carboxylic acids is 1. The van der Waals surface area contributed by atoms with Crippen molar-refractivity contribution in [2.45, 2.75) is 26.8 Å². The molecule has 1 aromatic carbocycles. The van der Waals surface area contributed by atoms with E-state index in [1.807, 2.05) is 20.8 Å². The normalized spacial score (nSPS) is 15.1. The molecule has 0 bridgehead atoms. The summed E-state index contributed by atoms with van der Waals surface area (Å²) >= 11 is 0. The molecule has 0 saturated carbocycles. The lowest BCUT2D eigenvalue weighted by molar-refractivity contribution is -0.121. The number of halogens is 3. The van der Waals surface area contributed by atoms with Crippen LogP contribution in [0.4, 0.5) is 15.8 Å². The molecule has 1 aromatic rings. The van der Waals surface area contributed by atoms with Gasteiger partial charge in [-0.15, -0.1) is 24.8 Å². The van der Waals surface area contributed by atoms with Gasteiger partial charge in [0.25, 0.3) is 0 Å². The van der Waals surface area contributed by atoms with Crippen LogP contribution in [0.5, 0.6) is 0 Å². The van der Waals surface area contributed by atoms with E-state index in [0.717, 1.165) is 13.1 Å². The number of hydrogen-bond acceptors (Lipinski definition) is 3. The Morgan fingerprint density at radius 3 is 2.36 bits per heavy atom. The minimum Gasteiger partial charge on any atom is -0.381 e. The topological polar surface area (TPSA) is 53.2 Å². The van der Waals surface area contributed by atoms with Gasteiger partial charge in [-0.25, -0.2) is 4.39 Å². The monoisotopic (exact) mass is 351 g/mol. The lowest BCUT2D eigenvalue weighted by atomic mass is 9.88. The molecule has 1 amide bonds. The summed E-state index contributed by atoms with van der Waals surface area (Å²) in [6.07, 6.45) is 0. The maximum atomic E-state index is 13.3. The Morgan fingerprint density at radius 1 is 1.23 bits per heavy atom.